The van der Waals surface area contributed by atoms with Crippen LogP contribution in [0, 0.1) is 0 Å². The number of hydrogen-bond acceptors (Lipinski definition) is 2. The summed E-state index contributed by atoms with van der Waals surface area (Å²) in [5, 5.41) is 3.34. The van der Waals surface area contributed by atoms with Crippen LogP contribution in [0.3, 0.4) is 0 Å². The maximum atomic E-state index is 10.9. The molecule has 2 unspecified atom stereocenters. The molecule has 1 aromatic rings. The first-order valence-electron chi connectivity index (χ1n) is 4.72. The third-order valence-corrected chi connectivity index (χ3v) is 3.00. The fourth-order valence-corrected chi connectivity index (χ4v) is 2.19. The van der Waals surface area contributed by atoms with Crippen molar-refractivity contribution in [2.24, 2.45) is 7.05 Å². The molecule has 0 aliphatic carbocycles. The lowest BCUT2D eigenvalue weighted by atomic mass is 10.3. The van der Waals surface area contributed by atoms with Crippen LogP contribution >= 0.6 is 0 Å². The molecule has 4 heteroatoms. The van der Waals surface area contributed by atoms with Crippen molar-refractivity contribution in [3.63, 3.8) is 0 Å². The SMILES string of the molecule is CC(CS(C)=O)NCc1ccn(C)c1. The van der Waals surface area contributed by atoms with Gasteiger partial charge >= 0.3 is 0 Å². The third kappa shape index (κ3) is 4.07. The summed E-state index contributed by atoms with van der Waals surface area (Å²) in [6.07, 6.45) is 5.85. The van der Waals surface area contributed by atoms with Crippen LogP contribution in [0.25, 0.3) is 0 Å². The molecule has 0 aromatic carbocycles. The molecule has 2 atom stereocenters. The first-order valence-corrected chi connectivity index (χ1v) is 6.45. The Morgan fingerprint density at radius 1 is 1.64 bits per heavy atom. The van der Waals surface area contributed by atoms with E-state index in [4.69, 9.17) is 0 Å². The highest BCUT2D eigenvalue weighted by Crippen LogP contribution is 1.99. The molecule has 1 N–H and O–H groups in total. The van der Waals surface area contributed by atoms with Crippen LogP contribution in [0.4, 0.5) is 0 Å². The largest absolute Gasteiger partial charge is 0.357 e. The van der Waals surface area contributed by atoms with Gasteiger partial charge in [0.05, 0.1) is 0 Å². The number of aromatic nitrogens is 1. The fourth-order valence-electron chi connectivity index (χ4n) is 1.37. The zero-order valence-electron chi connectivity index (χ0n) is 8.99. The predicted molar refractivity (Wildman–Crippen MR) is 60.6 cm³/mol. The van der Waals surface area contributed by atoms with Gasteiger partial charge in [-0.25, -0.2) is 0 Å². The Balaban J connectivity index is 2.30. The van der Waals surface area contributed by atoms with Crippen LogP contribution in [-0.2, 0) is 24.4 Å². The summed E-state index contributed by atoms with van der Waals surface area (Å²) < 4.78 is 13.0. The second-order valence-corrected chi connectivity index (χ2v) is 5.19. The quantitative estimate of drug-likeness (QED) is 0.789. The molecule has 80 valence electrons. The Labute approximate surface area is 88.0 Å². The second kappa shape index (κ2) is 5.32. The lowest BCUT2D eigenvalue weighted by Crippen LogP contribution is -2.30. The third-order valence-electron chi connectivity index (χ3n) is 2.03. The highest BCUT2D eigenvalue weighted by Gasteiger charge is 2.03. The Morgan fingerprint density at radius 2 is 2.36 bits per heavy atom. The summed E-state index contributed by atoms with van der Waals surface area (Å²) in [4.78, 5) is 0. The summed E-state index contributed by atoms with van der Waals surface area (Å²) in [7, 11) is 1.29. The van der Waals surface area contributed by atoms with Gasteiger partial charge in [-0.05, 0) is 18.6 Å². The molecule has 1 aromatic heterocycles. The molecule has 0 aliphatic heterocycles. The highest BCUT2D eigenvalue weighted by molar-refractivity contribution is 7.84. The van der Waals surface area contributed by atoms with E-state index in [1.807, 2.05) is 17.8 Å². The molecule has 0 spiro atoms. The van der Waals surface area contributed by atoms with E-state index in [1.165, 1.54) is 5.56 Å². The van der Waals surface area contributed by atoms with Gasteiger partial charge < -0.3 is 9.88 Å². The van der Waals surface area contributed by atoms with E-state index >= 15 is 0 Å². The molecule has 1 rings (SSSR count). The zero-order chi connectivity index (χ0) is 10.6. The van der Waals surface area contributed by atoms with Gasteiger partial charge in [-0.2, -0.15) is 0 Å². The molecule has 1 heterocycles. The van der Waals surface area contributed by atoms with Crippen LogP contribution in [0.15, 0.2) is 18.5 Å². The Bertz CT molecular complexity index is 309. The number of nitrogens with one attached hydrogen (secondary N) is 1. The monoisotopic (exact) mass is 214 g/mol. The van der Waals surface area contributed by atoms with Crippen molar-refractivity contribution < 1.29 is 4.21 Å². The minimum Gasteiger partial charge on any atom is -0.357 e. The normalized spacial score (nSPS) is 15.4. The number of aryl methyl sites for hydroxylation is 1. The van der Waals surface area contributed by atoms with Gasteiger partial charge in [0, 0.05) is 54.8 Å². The molecule has 0 radical (unpaired) electrons. The van der Waals surface area contributed by atoms with Crippen LogP contribution in [-0.4, -0.2) is 26.8 Å². The maximum Gasteiger partial charge on any atom is 0.0383 e. The molecule has 14 heavy (non-hydrogen) atoms. The van der Waals surface area contributed by atoms with Crippen LogP contribution in [0.1, 0.15) is 12.5 Å². The van der Waals surface area contributed by atoms with Crippen LogP contribution < -0.4 is 5.32 Å². The maximum absolute atomic E-state index is 10.9. The highest BCUT2D eigenvalue weighted by atomic mass is 32.2. The Morgan fingerprint density at radius 3 is 2.86 bits per heavy atom. The van der Waals surface area contributed by atoms with Gasteiger partial charge in [-0.1, -0.05) is 0 Å². The van der Waals surface area contributed by atoms with Crippen molar-refractivity contribution in [1.29, 1.82) is 0 Å². The zero-order valence-corrected chi connectivity index (χ0v) is 9.80. The second-order valence-electron chi connectivity index (χ2n) is 3.71. The summed E-state index contributed by atoms with van der Waals surface area (Å²) in [5.74, 6) is 0.715. The molecule has 0 fully saturated rings. The van der Waals surface area contributed by atoms with E-state index in [0.29, 0.717) is 11.8 Å². The van der Waals surface area contributed by atoms with E-state index in [-0.39, 0.29) is 0 Å². The minimum atomic E-state index is -0.716. The smallest absolute Gasteiger partial charge is 0.0383 e. The number of rotatable bonds is 5. The fraction of sp³-hybridized carbons (Fsp3) is 0.600. The molecule has 0 aliphatic rings. The summed E-state index contributed by atoms with van der Waals surface area (Å²) in [5.41, 5.74) is 1.27. The number of hydrogen-bond donors (Lipinski definition) is 1. The summed E-state index contributed by atoms with van der Waals surface area (Å²) in [6, 6.07) is 2.39. The summed E-state index contributed by atoms with van der Waals surface area (Å²) >= 11 is 0. The molecule has 3 nitrogen and oxygen atoms in total. The first-order chi connectivity index (χ1) is 6.58. The first kappa shape index (κ1) is 11.5. The Hall–Kier alpha value is -0.610. The van der Waals surface area contributed by atoms with Crippen molar-refractivity contribution in [3.05, 3.63) is 24.0 Å². The molecule has 0 saturated carbocycles. The van der Waals surface area contributed by atoms with Crippen molar-refractivity contribution in [2.75, 3.05) is 12.0 Å². The van der Waals surface area contributed by atoms with Gasteiger partial charge in [0.15, 0.2) is 0 Å². The van der Waals surface area contributed by atoms with E-state index in [1.54, 1.807) is 6.26 Å². The van der Waals surface area contributed by atoms with Gasteiger partial charge in [0.2, 0.25) is 0 Å². The molecular formula is C10H18N2OS. The van der Waals surface area contributed by atoms with E-state index in [2.05, 4.69) is 24.5 Å². The van der Waals surface area contributed by atoms with Crippen molar-refractivity contribution in [2.45, 2.75) is 19.5 Å². The van der Waals surface area contributed by atoms with Crippen molar-refractivity contribution >= 4 is 10.8 Å². The molecular weight excluding hydrogens is 196 g/mol. The van der Waals surface area contributed by atoms with E-state index in [9.17, 15) is 4.21 Å². The Kier molecular flexibility index (Phi) is 4.35. The summed E-state index contributed by atoms with van der Waals surface area (Å²) in [6.45, 7) is 2.91. The van der Waals surface area contributed by atoms with Crippen LogP contribution in [0.2, 0.25) is 0 Å². The average molecular weight is 214 g/mol. The van der Waals surface area contributed by atoms with E-state index in [0.717, 1.165) is 6.54 Å². The average Bonchev–Trinajstić information content (AvgIpc) is 2.47. The van der Waals surface area contributed by atoms with Gasteiger partial charge in [-0.3, -0.25) is 4.21 Å². The van der Waals surface area contributed by atoms with Gasteiger partial charge in [0.1, 0.15) is 0 Å². The number of nitrogens with zero attached hydrogens (tertiary/aromatic N) is 1. The standard InChI is InChI=1S/C10H18N2OS/c1-9(8-14(3)13)11-6-10-4-5-12(2)7-10/h4-5,7,9,11H,6,8H2,1-3H3. The lowest BCUT2D eigenvalue weighted by molar-refractivity contribution is 0.587. The van der Waals surface area contributed by atoms with Crippen molar-refractivity contribution in [1.82, 2.24) is 9.88 Å². The van der Waals surface area contributed by atoms with Gasteiger partial charge in [0.25, 0.3) is 0 Å². The molecule has 0 bridgehead atoms. The molecule has 0 saturated heterocycles. The topological polar surface area (TPSA) is 34.0 Å². The molecule has 0 amide bonds. The van der Waals surface area contributed by atoms with Crippen LogP contribution in [0.5, 0.6) is 0 Å². The lowest BCUT2D eigenvalue weighted by Gasteiger charge is -2.10. The van der Waals surface area contributed by atoms with Gasteiger partial charge in [-0.15, -0.1) is 0 Å². The van der Waals surface area contributed by atoms with Crippen molar-refractivity contribution in [3.8, 4) is 0 Å². The minimum absolute atomic E-state index is 0.307. The van der Waals surface area contributed by atoms with E-state index < -0.39 is 10.8 Å². The predicted octanol–water partition coefficient (Wildman–Crippen LogP) is 0.882.